The lowest BCUT2D eigenvalue weighted by atomic mass is 9.60. The largest absolute Gasteiger partial charge is 0.496 e. The number of methoxy groups -OCH3 is 1. The fraction of sp³-hybridized carbons (Fsp3) is 0.414. The molecular weight excluding hydrogens is 487 g/mol. The Labute approximate surface area is 221 Å². The summed E-state index contributed by atoms with van der Waals surface area (Å²) >= 11 is 0. The van der Waals surface area contributed by atoms with Crippen LogP contribution in [0, 0.1) is 11.7 Å². The number of fused-ring (bicyclic) bond motifs is 3. The second kappa shape index (κ2) is 10.5. The Bertz CT molecular complexity index is 1330. The van der Waals surface area contributed by atoms with Gasteiger partial charge in [-0.1, -0.05) is 24.3 Å². The van der Waals surface area contributed by atoms with E-state index in [2.05, 4.69) is 5.32 Å². The van der Waals surface area contributed by atoms with Gasteiger partial charge in [-0.05, 0) is 75.1 Å². The topological polar surface area (TPSA) is 108 Å². The molecule has 0 spiro atoms. The Kier molecular flexibility index (Phi) is 7.10. The first-order valence-electron chi connectivity index (χ1n) is 13.1. The molecule has 9 heteroatoms. The van der Waals surface area contributed by atoms with Gasteiger partial charge in [-0.2, -0.15) is 0 Å². The number of nitrogens with one attached hydrogen (secondary N) is 1. The van der Waals surface area contributed by atoms with Crippen LogP contribution in [-0.2, 0) is 16.7 Å². The molecule has 3 aliphatic rings. The molecule has 0 unspecified atom stereocenters. The molecule has 0 aliphatic heterocycles. The van der Waals surface area contributed by atoms with Crippen molar-refractivity contribution in [3.8, 4) is 17.0 Å². The third-order valence-electron chi connectivity index (χ3n) is 8.03. The molecule has 0 atom stereocenters. The van der Waals surface area contributed by atoms with E-state index in [9.17, 15) is 14.0 Å². The molecule has 38 heavy (non-hydrogen) atoms. The zero-order valence-electron chi connectivity index (χ0n) is 21.8. The van der Waals surface area contributed by atoms with Crippen molar-refractivity contribution in [2.75, 3.05) is 19.6 Å². The SMILES string of the molecule is CCOC(=O)c1c(-c2ccc(CNC(=O)c3cc(F)ccc3OC)cc2)nc(C23CCC(CC2)CC3)n1N. The van der Waals surface area contributed by atoms with Crippen molar-refractivity contribution in [3.05, 3.63) is 70.9 Å². The highest BCUT2D eigenvalue weighted by molar-refractivity contribution is 5.97. The van der Waals surface area contributed by atoms with Crippen LogP contribution in [-0.4, -0.2) is 35.3 Å². The molecule has 2 aromatic carbocycles. The number of halogens is 1. The smallest absolute Gasteiger partial charge is 0.359 e. The van der Waals surface area contributed by atoms with E-state index in [-0.39, 0.29) is 29.8 Å². The van der Waals surface area contributed by atoms with Crippen molar-refractivity contribution in [3.63, 3.8) is 0 Å². The maximum Gasteiger partial charge on any atom is 0.359 e. The average Bonchev–Trinajstić information content (AvgIpc) is 3.31. The minimum absolute atomic E-state index is 0.106. The highest BCUT2D eigenvalue weighted by atomic mass is 19.1. The fourth-order valence-electron chi connectivity index (χ4n) is 5.90. The molecule has 1 amide bonds. The van der Waals surface area contributed by atoms with Crippen molar-refractivity contribution >= 4 is 11.9 Å². The summed E-state index contributed by atoms with van der Waals surface area (Å²) in [7, 11) is 1.43. The number of esters is 1. The van der Waals surface area contributed by atoms with Crippen molar-refractivity contribution in [2.45, 2.75) is 57.4 Å². The minimum atomic E-state index is -0.516. The lowest BCUT2D eigenvalue weighted by Crippen LogP contribution is -2.41. The molecule has 0 radical (unpaired) electrons. The molecule has 200 valence electrons. The predicted octanol–water partition coefficient (Wildman–Crippen LogP) is 4.74. The van der Waals surface area contributed by atoms with Gasteiger partial charge in [0.15, 0.2) is 5.69 Å². The van der Waals surface area contributed by atoms with Gasteiger partial charge in [-0.25, -0.2) is 18.8 Å². The van der Waals surface area contributed by atoms with E-state index in [1.165, 1.54) is 43.2 Å². The third-order valence-corrected chi connectivity index (χ3v) is 8.03. The Hall–Kier alpha value is -3.88. The molecule has 0 saturated heterocycles. The van der Waals surface area contributed by atoms with Gasteiger partial charge in [-0.15, -0.1) is 0 Å². The van der Waals surface area contributed by atoms with Crippen LogP contribution < -0.4 is 15.9 Å². The summed E-state index contributed by atoms with van der Waals surface area (Å²) in [5.41, 5.74) is 2.34. The highest BCUT2D eigenvalue weighted by Crippen LogP contribution is 2.51. The van der Waals surface area contributed by atoms with E-state index in [1.807, 2.05) is 24.3 Å². The molecule has 3 fully saturated rings. The van der Waals surface area contributed by atoms with E-state index in [1.54, 1.807) is 6.92 Å². The van der Waals surface area contributed by atoms with Crippen LogP contribution in [0.4, 0.5) is 4.39 Å². The summed E-state index contributed by atoms with van der Waals surface area (Å²) < 4.78 is 25.6. The molecule has 6 rings (SSSR count). The molecule has 3 aromatic rings. The maximum absolute atomic E-state index is 13.7. The molecule has 3 N–H and O–H groups in total. The summed E-state index contributed by atoms with van der Waals surface area (Å²) in [4.78, 5) is 30.6. The van der Waals surface area contributed by atoms with Crippen LogP contribution in [0.3, 0.4) is 0 Å². The summed E-state index contributed by atoms with van der Waals surface area (Å²) in [5.74, 6) is 6.94. The van der Waals surface area contributed by atoms with Gasteiger partial charge in [-0.3, -0.25) is 4.79 Å². The minimum Gasteiger partial charge on any atom is -0.496 e. The molecule has 1 heterocycles. The first-order chi connectivity index (χ1) is 18.3. The number of imidazole rings is 1. The predicted molar refractivity (Wildman–Crippen MR) is 141 cm³/mol. The molecule has 3 aliphatic carbocycles. The number of carbonyl (C=O) groups is 2. The number of nitrogens with two attached hydrogens (primary N) is 1. The van der Waals surface area contributed by atoms with Crippen LogP contribution in [0.2, 0.25) is 0 Å². The van der Waals surface area contributed by atoms with Crippen molar-refractivity contribution in [1.82, 2.24) is 15.0 Å². The lowest BCUT2D eigenvalue weighted by Gasteiger charge is -2.45. The standard InChI is InChI=1S/C29H33FN4O4/c1-3-38-27(36)25-24(33-28(34(25)31)29-13-10-18(11-14-29)12-15-29)20-6-4-19(5-7-20)17-32-26(35)22-16-21(30)8-9-23(22)37-2/h4-9,16,18H,3,10-15,17,31H2,1-2H3,(H,32,35). The van der Waals surface area contributed by atoms with Crippen LogP contribution >= 0.6 is 0 Å². The van der Waals surface area contributed by atoms with E-state index >= 15 is 0 Å². The van der Waals surface area contributed by atoms with E-state index in [0.717, 1.165) is 48.2 Å². The number of nitrogens with zero attached hydrogens (tertiary/aromatic N) is 2. The molecule has 3 saturated carbocycles. The molecule has 1 aromatic heterocycles. The number of nitrogen functional groups attached to an aromatic ring is 1. The number of rotatable bonds is 8. The average molecular weight is 521 g/mol. The fourth-order valence-corrected chi connectivity index (χ4v) is 5.90. The van der Waals surface area contributed by atoms with E-state index in [0.29, 0.717) is 11.4 Å². The number of ether oxygens (including phenoxy) is 2. The quantitative estimate of drug-likeness (QED) is 0.328. The number of benzene rings is 2. The monoisotopic (exact) mass is 520 g/mol. The normalized spacial score (nSPS) is 20.2. The lowest BCUT2D eigenvalue weighted by molar-refractivity contribution is 0.0515. The zero-order valence-corrected chi connectivity index (χ0v) is 21.8. The Balaban J connectivity index is 1.39. The van der Waals surface area contributed by atoms with Gasteiger partial charge >= 0.3 is 5.97 Å². The Morgan fingerprint density at radius 3 is 2.45 bits per heavy atom. The van der Waals surface area contributed by atoms with E-state index < -0.39 is 17.7 Å². The van der Waals surface area contributed by atoms with Gasteiger partial charge in [0.05, 0.1) is 19.3 Å². The maximum atomic E-state index is 13.7. The summed E-state index contributed by atoms with van der Waals surface area (Å²) in [6, 6.07) is 11.2. The second-order valence-electron chi connectivity index (χ2n) is 10.2. The van der Waals surface area contributed by atoms with Crippen molar-refractivity contribution < 1.29 is 23.5 Å². The van der Waals surface area contributed by atoms with Gasteiger partial charge in [0.25, 0.3) is 5.91 Å². The number of amides is 1. The van der Waals surface area contributed by atoms with Crippen LogP contribution in [0.5, 0.6) is 5.75 Å². The number of carbonyl (C=O) groups excluding carboxylic acids is 2. The summed E-state index contributed by atoms with van der Waals surface area (Å²) in [6.45, 7) is 2.23. The first-order valence-corrected chi connectivity index (χ1v) is 13.1. The first kappa shape index (κ1) is 25.8. The number of hydrogen-bond acceptors (Lipinski definition) is 6. The van der Waals surface area contributed by atoms with E-state index in [4.69, 9.17) is 20.3 Å². The van der Waals surface area contributed by atoms with Gasteiger partial charge < -0.3 is 20.6 Å². The van der Waals surface area contributed by atoms with Crippen molar-refractivity contribution in [2.24, 2.45) is 5.92 Å². The van der Waals surface area contributed by atoms with Gasteiger partial charge in [0.1, 0.15) is 23.1 Å². The van der Waals surface area contributed by atoms with Crippen LogP contribution in [0.25, 0.3) is 11.3 Å². The number of aromatic nitrogens is 2. The Morgan fingerprint density at radius 2 is 1.82 bits per heavy atom. The van der Waals surface area contributed by atoms with Crippen LogP contribution in [0.15, 0.2) is 42.5 Å². The number of hydrogen-bond donors (Lipinski definition) is 2. The van der Waals surface area contributed by atoms with Gasteiger partial charge in [0, 0.05) is 17.5 Å². The Morgan fingerprint density at radius 1 is 1.13 bits per heavy atom. The molecule has 2 bridgehead atoms. The summed E-state index contributed by atoms with van der Waals surface area (Å²) in [5, 5.41) is 2.80. The second-order valence-corrected chi connectivity index (χ2v) is 10.2. The highest BCUT2D eigenvalue weighted by Gasteiger charge is 2.45. The third kappa shape index (κ3) is 4.73. The van der Waals surface area contributed by atoms with Gasteiger partial charge in [0.2, 0.25) is 0 Å². The summed E-state index contributed by atoms with van der Waals surface area (Å²) in [6.07, 6.45) is 6.59. The van der Waals surface area contributed by atoms with Crippen LogP contribution in [0.1, 0.15) is 77.7 Å². The molecular formula is C29H33FN4O4. The van der Waals surface area contributed by atoms with Crippen molar-refractivity contribution in [1.29, 1.82) is 0 Å². The molecule has 8 nitrogen and oxygen atoms in total. The zero-order chi connectivity index (χ0) is 26.9.